The van der Waals surface area contributed by atoms with Gasteiger partial charge >= 0.3 is 5.97 Å². The molecule has 0 radical (unpaired) electrons. The van der Waals surface area contributed by atoms with Crippen molar-refractivity contribution in [3.63, 3.8) is 0 Å². The number of carbonyl (C=O) groups is 1. The van der Waals surface area contributed by atoms with Gasteiger partial charge in [0.15, 0.2) is 0 Å². The second-order valence-electron chi connectivity index (χ2n) is 4.04. The Morgan fingerprint density at radius 1 is 1.32 bits per heavy atom. The van der Waals surface area contributed by atoms with E-state index < -0.39 is 12.6 Å². The van der Waals surface area contributed by atoms with Crippen LogP contribution in [0.2, 0.25) is 0 Å². The number of carboxylic acids is 1. The molecule has 0 spiro atoms. The van der Waals surface area contributed by atoms with Gasteiger partial charge < -0.3 is 14.4 Å². The van der Waals surface area contributed by atoms with Crippen LogP contribution in [0.1, 0.15) is 17.3 Å². The Balaban J connectivity index is 2.09. The number of pyridine rings is 1. The van der Waals surface area contributed by atoms with Crippen molar-refractivity contribution in [2.45, 2.75) is 20.5 Å². The molecule has 2 aromatic rings. The summed E-state index contributed by atoms with van der Waals surface area (Å²) in [5.74, 6) is -0.369. The molecule has 2 aromatic heterocycles. The SMILES string of the molecule is Cc1cc(-c2noc(COCC(=O)O)n2)cc(C)n1. The van der Waals surface area contributed by atoms with E-state index >= 15 is 0 Å². The maximum absolute atomic E-state index is 10.3. The molecule has 0 atom stereocenters. The number of hydrogen-bond acceptors (Lipinski definition) is 6. The Morgan fingerprint density at radius 2 is 2.00 bits per heavy atom. The van der Waals surface area contributed by atoms with Crippen molar-refractivity contribution < 1.29 is 19.2 Å². The molecular weight excluding hydrogens is 250 g/mol. The molecule has 19 heavy (non-hydrogen) atoms. The van der Waals surface area contributed by atoms with Crippen LogP contribution in [-0.2, 0) is 16.1 Å². The highest BCUT2D eigenvalue weighted by atomic mass is 16.5. The fraction of sp³-hybridized carbons (Fsp3) is 0.333. The van der Waals surface area contributed by atoms with Gasteiger partial charge in [0.1, 0.15) is 13.2 Å². The lowest BCUT2D eigenvalue weighted by Gasteiger charge is -1.99. The van der Waals surface area contributed by atoms with E-state index in [1.807, 2.05) is 26.0 Å². The highest BCUT2D eigenvalue weighted by molar-refractivity contribution is 5.67. The van der Waals surface area contributed by atoms with E-state index in [4.69, 9.17) is 14.4 Å². The first-order valence-corrected chi connectivity index (χ1v) is 5.62. The van der Waals surface area contributed by atoms with Crippen LogP contribution < -0.4 is 0 Å². The van der Waals surface area contributed by atoms with Crippen LogP contribution in [0.25, 0.3) is 11.4 Å². The first kappa shape index (κ1) is 13.2. The first-order valence-electron chi connectivity index (χ1n) is 5.62. The third kappa shape index (κ3) is 3.59. The lowest BCUT2D eigenvalue weighted by Crippen LogP contribution is -2.06. The summed E-state index contributed by atoms with van der Waals surface area (Å²) in [6.45, 7) is 3.34. The summed E-state index contributed by atoms with van der Waals surface area (Å²) >= 11 is 0. The molecule has 2 heterocycles. The minimum atomic E-state index is -1.04. The van der Waals surface area contributed by atoms with Gasteiger partial charge in [-0.05, 0) is 26.0 Å². The quantitative estimate of drug-likeness (QED) is 0.869. The molecule has 0 aliphatic carbocycles. The van der Waals surface area contributed by atoms with Gasteiger partial charge in [0.05, 0.1) is 0 Å². The lowest BCUT2D eigenvalue weighted by atomic mass is 10.2. The molecular formula is C12H13N3O4. The molecule has 0 aliphatic heterocycles. The average Bonchev–Trinajstić information content (AvgIpc) is 2.76. The number of hydrogen-bond donors (Lipinski definition) is 1. The van der Waals surface area contributed by atoms with Gasteiger partial charge in [-0.25, -0.2) is 4.79 Å². The molecule has 7 nitrogen and oxygen atoms in total. The molecule has 0 amide bonds. The standard InChI is InChI=1S/C12H13N3O4/c1-7-3-9(4-8(2)13-7)12-14-10(19-15-12)5-18-6-11(16)17/h3-4H,5-6H2,1-2H3,(H,16,17). The summed E-state index contributed by atoms with van der Waals surface area (Å²) in [5, 5.41) is 12.3. The molecule has 0 fully saturated rings. The van der Waals surface area contributed by atoms with Crippen molar-refractivity contribution in [3.05, 3.63) is 29.4 Å². The summed E-state index contributed by atoms with van der Waals surface area (Å²) < 4.78 is 9.85. The van der Waals surface area contributed by atoms with Crippen LogP contribution in [0.4, 0.5) is 0 Å². The van der Waals surface area contributed by atoms with E-state index in [2.05, 4.69) is 15.1 Å². The van der Waals surface area contributed by atoms with Gasteiger partial charge in [-0.2, -0.15) is 4.98 Å². The number of nitrogens with zero attached hydrogens (tertiary/aromatic N) is 3. The topological polar surface area (TPSA) is 98.3 Å². The zero-order valence-corrected chi connectivity index (χ0v) is 10.6. The molecule has 0 aliphatic rings. The molecule has 2 rings (SSSR count). The van der Waals surface area contributed by atoms with E-state index in [-0.39, 0.29) is 12.5 Å². The van der Waals surface area contributed by atoms with E-state index in [0.717, 1.165) is 17.0 Å². The second-order valence-corrected chi connectivity index (χ2v) is 4.04. The van der Waals surface area contributed by atoms with Gasteiger partial charge in [-0.3, -0.25) is 4.98 Å². The van der Waals surface area contributed by atoms with Gasteiger partial charge in [0.25, 0.3) is 5.89 Å². The van der Waals surface area contributed by atoms with Crippen molar-refractivity contribution >= 4 is 5.97 Å². The number of carboxylic acid groups (broad SMARTS) is 1. The molecule has 0 aromatic carbocycles. The van der Waals surface area contributed by atoms with Crippen LogP contribution in [0.3, 0.4) is 0 Å². The predicted molar refractivity (Wildman–Crippen MR) is 64.3 cm³/mol. The molecule has 1 N–H and O–H groups in total. The highest BCUT2D eigenvalue weighted by Gasteiger charge is 2.10. The summed E-state index contributed by atoms with van der Waals surface area (Å²) in [5.41, 5.74) is 2.53. The van der Waals surface area contributed by atoms with E-state index in [0.29, 0.717) is 5.82 Å². The van der Waals surface area contributed by atoms with E-state index in [9.17, 15) is 4.79 Å². The largest absolute Gasteiger partial charge is 0.480 e. The van der Waals surface area contributed by atoms with Gasteiger partial charge in [-0.15, -0.1) is 0 Å². The summed E-state index contributed by atoms with van der Waals surface area (Å²) in [4.78, 5) is 18.7. The number of aliphatic carboxylic acids is 1. The van der Waals surface area contributed by atoms with Crippen molar-refractivity contribution in [2.75, 3.05) is 6.61 Å². The zero-order valence-electron chi connectivity index (χ0n) is 10.6. The maximum atomic E-state index is 10.3. The van der Waals surface area contributed by atoms with E-state index in [1.165, 1.54) is 0 Å². The molecule has 0 saturated heterocycles. The normalized spacial score (nSPS) is 10.6. The fourth-order valence-corrected chi connectivity index (χ4v) is 1.62. The summed E-state index contributed by atoms with van der Waals surface area (Å²) in [7, 11) is 0. The minimum Gasteiger partial charge on any atom is -0.480 e. The number of aromatic nitrogens is 3. The predicted octanol–water partition coefficient (Wildman–Crippen LogP) is 1.35. The zero-order chi connectivity index (χ0) is 13.8. The third-order valence-electron chi connectivity index (χ3n) is 2.26. The van der Waals surface area contributed by atoms with Crippen LogP contribution in [0.5, 0.6) is 0 Å². The Kier molecular flexibility index (Phi) is 3.86. The molecule has 100 valence electrons. The first-order chi connectivity index (χ1) is 9.04. The van der Waals surface area contributed by atoms with E-state index in [1.54, 1.807) is 0 Å². The van der Waals surface area contributed by atoms with Crippen molar-refractivity contribution in [1.82, 2.24) is 15.1 Å². The number of ether oxygens (including phenoxy) is 1. The molecule has 7 heteroatoms. The van der Waals surface area contributed by atoms with Gasteiger partial charge in [0, 0.05) is 17.0 Å². The van der Waals surface area contributed by atoms with Gasteiger partial charge in [-0.1, -0.05) is 5.16 Å². The summed E-state index contributed by atoms with van der Waals surface area (Å²) in [6, 6.07) is 3.69. The number of aryl methyl sites for hydroxylation is 2. The minimum absolute atomic E-state index is 0.0254. The molecule has 0 unspecified atom stereocenters. The van der Waals surface area contributed by atoms with Crippen molar-refractivity contribution in [1.29, 1.82) is 0 Å². The molecule has 0 saturated carbocycles. The monoisotopic (exact) mass is 263 g/mol. The highest BCUT2D eigenvalue weighted by Crippen LogP contribution is 2.17. The Bertz CT molecular complexity index is 574. The fourth-order valence-electron chi connectivity index (χ4n) is 1.62. The van der Waals surface area contributed by atoms with Crippen molar-refractivity contribution in [3.8, 4) is 11.4 Å². The van der Waals surface area contributed by atoms with Crippen LogP contribution >= 0.6 is 0 Å². The average molecular weight is 263 g/mol. The lowest BCUT2D eigenvalue weighted by molar-refractivity contribution is -0.142. The van der Waals surface area contributed by atoms with Crippen LogP contribution in [0.15, 0.2) is 16.7 Å². The Labute approximate surface area is 109 Å². The second kappa shape index (κ2) is 5.57. The van der Waals surface area contributed by atoms with Gasteiger partial charge in [0.2, 0.25) is 5.82 Å². The summed E-state index contributed by atoms with van der Waals surface area (Å²) in [6.07, 6.45) is 0. The Hall–Kier alpha value is -2.28. The number of rotatable bonds is 5. The smallest absolute Gasteiger partial charge is 0.329 e. The third-order valence-corrected chi connectivity index (χ3v) is 2.26. The maximum Gasteiger partial charge on any atom is 0.329 e. The van der Waals surface area contributed by atoms with Crippen LogP contribution in [0, 0.1) is 13.8 Å². The van der Waals surface area contributed by atoms with Crippen LogP contribution in [-0.4, -0.2) is 32.8 Å². The Morgan fingerprint density at radius 3 is 2.63 bits per heavy atom. The van der Waals surface area contributed by atoms with Crippen molar-refractivity contribution in [2.24, 2.45) is 0 Å². The molecule has 0 bridgehead atoms.